The number of carbonyl (C=O) groups excluding carboxylic acids is 1. The Bertz CT molecular complexity index is 231. The van der Waals surface area contributed by atoms with Gasteiger partial charge in [-0.25, -0.2) is 0 Å². The Labute approximate surface area is 104 Å². The Kier molecular flexibility index (Phi) is 8.16. The van der Waals surface area contributed by atoms with Crippen molar-refractivity contribution in [1.29, 1.82) is 0 Å². The summed E-state index contributed by atoms with van der Waals surface area (Å²) in [5.41, 5.74) is 5.46. The molecule has 0 aromatic heterocycles. The second-order valence-corrected chi connectivity index (χ2v) is 4.86. The van der Waals surface area contributed by atoms with Gasteiger partial charge in [0.1, 0.15) is 0 Å². The molecule has 0 aliphatic carbocycles. The van der Waals surface area contributed by atoms with Crippen LogP contribution in [0.15, 0.2) is 0 Å². The van der Waals surface area contributed by atoms with Gasteiger partial charge < -0.3 is 10.6 Å². The molecule has 1 amide bonds. The largest absolute Gasteiger partial charge is 0.393 e. The lowest BCUT2D eigenvalue weighted by molar-refractivity contribution is -0.131. The van der Waals surface area contributed by atoms with Crippen LogP contribution in [0.25, 0.3) is 0 Å². The molecule has 0 spiro atoms. The summed E-state index contributed by atoms with van der Waals surface area (Å²) >= 11 is 4.84. The summed E-state index contributed by atoms with van der Waals surface area (Å²) in [7, 11) is 1.82. The molecular formula is C12H24N2OS. The average molecular weight is 244 g/mol. The van der Waals surface area contributed by atoms with Crippen molar-refractivity contribution in [1.82, 2.24) is 4.90 Å². The molecule has 0 radical (unpaired) electrons. The van der Waals surface area contributed by atoms with E-state index in [-0.39, 0.29) is 11.9 Å². The van der Waals surface area contributed by atoms with Crippen molar-refractivity contribution in [3.05, 3.63) is 0 Å². The zero-order chi connectivity index (χ0) is 12.6. The van der Waals surface area contributed by atoms with Gasteiger partial charge >= 0.3 is 0 Å². The molecule has 2 N–H and O–H groups in total. The maximum atomic E-state index is 11.8. The maximum absolute atomic E-state index is 11.8. The predicted octanol–water partition coefficient (Wildman–Crippen LogP) is 2.48. The highest BCUT2D eigenvalue weighted by Gasteiger charge is 2.15. The fourth-order valence-electron chi connectivity index (χ4n) is 1.55. The number of nitrogens with two attached hydrogens (primary N) is 1. The van der Waals surface area contributed by atoms with Gasteiger partial charge in [0, 0.05) is 25.9 Å². The van der Waals surface area contributed by atoms with E-state index in [9.17, 15) is 4.79 Å². The molecule has 0 heterocycles. The minimum Gasteiger partial charge on any atom is -0.393 e. The number of carbonyl (C=O) groups is 1. The Hall–Kier alpha value is -0.640. The van der Waals surface area contributed by atoms with E-state index in [1.165, 1.54) is 12.8 Å². The molecule has 0 fully saturated rings. The van der Waals surface area contributed by atoms with Crippen LogP contribution in [0.3, 0.4) is 0 Å². The lowest BCUT2D eigenvalue weighted by Gasteiger charge is -2.24. The predicted molar refractivity (Wildman–Crippen MR) is 72.4 cm³/mol. The average Bonchev–Trinajstić information content (AvgIpc) is 2.22. The zero-order valence-corrected chi connectivity index (χ0v) is 11.5. The Balaban J connectivity index is 3.84. The van der Waals surface area contributed by atoms with Gasteiger partial charge in [-0.15, -0.1) is 0 Å². The number of hydrogen-bond donors (Lipinski definition) is 1. The molecule has 1 unspecified atom stereocenters. The van der Waals surface area contributed by atoms with Crippen LogP contribution in [0.2, 0.25) is 0 Å². The van der Waals surface area contributed by atoms with Gasteiger partial charge in [-0.1, -0.05) is 38.4 Å². The van der Waals surface area contributed by atoms with Gasteiger partial charge in [0.2, 0.25) is 5.91 Å². The number of hydrogen-bond acceptors (Lipinski definition) is 2. The molecule has 0 aromatic carbocycles. The van der Waals surface area contributed by atoms with Crippen LogP contribution in [0.5, 0.6) is 0 Å². The van der Waals surface area contributed by atoms with Gasteiger partial charge in [0.25, 0.3) is 0 Å². The molecule has 0 saturated carbocycles. The van der Waals surface area contributed by atoms with E-state index < -0.39 is 0 Å². The highest BCUT2D eigenvalue weighted by Crippen LogP contribution is 2.08. The van der Waals surface area contributed by atoms with Crippen LogP contribution in [-0.2, 0) is 4.79 Å². The first-order valence-corrected chi connectivity index (χ1v) is 6.43. The fourth-order valence-corrected chi connectivity index (χ4v) is 1.79. The smallest absolute Gasteiger partial charge is 0.222 e. The van der Waals surface area contributed by atoms with Gasteiger partial charge in [-0.2, -0.15) is 0 Å². The molecule has 0 aromatic rings. The van der Waals surface area contributed by atoms with Crippen LogP contribution in [0.4, 0.5) is 0 Å². The molecule has 16 heavy (non-hydrogen) atoms. The van der Waals surface area contributed by atoms with Crippen molar-refractivity contribution in [3.63, 3.8) is 0 Å². The number of unbranched alkanes of at least 4 members (excludes halogenated alkanes) is 3. The minimum atomic E-state index is 0.108. The second-order valence-electron chi connectivity index (χ2n) is 4.33. The third-order valence-corrected chi connectivity index (χ3v) is 2.96. The lowest BCUT2D eigenvalue weighted by atomic mass is 10.1. The molecule has 0 rings (SSSR count). The number of thiocarbonyl (C=S) groups is 1. The zero-order valence-electron chi connectivity index (χ0n) is 10.7. The molecule has 4 heteroatoms. The van der Waals surface area contributed by atoms with E-state index >= 15 is 0 Å². The SMILES string of the molecule is CCCCCCC(=O)N(C)C(C)CC(N)=S. The first-order valence-electron chi connectivity index (χ1n) is 6.03. The molecule has 0 saturated heterocycles. The first kappa shape index (κ1) is 15.4. The summed E-state index contributed by atoms with van der Waals surface area (Å²) in [6, 6.07) is 0.108. The maximum Gasteiger partial charge on any atom is 0.222 e. The molecule has 94 valence electrons. The van der Waals surface area contributed by atoms with Crippen molar-refractivity contribution in [2.45, 2.75) is 58.4 Å². The first-order chi connectivity index (χ1) is 7.49. The third-order valence-electron chi connectivity index (χ3n) is 2.80. The topological polar surface area (TPSA) is 46.3 Å². The van der Waals surface area contributed by atoms with E-state index in [2.05, 4.69) is 6.92 Å². The van der Waals surface area contributed by atoms with Gasteiger partial charge in [0.05, 0.1) is 4.99 Å². The van der Waals surface area contributed by atoms with E-state index in [1.807, 2.05) is 14.0 Å². The summed E-state index contributed by atoms with van der Waals surface area (Å²) in [5, 5.41) is 0. The molecule has 3 nitrogen and oxygen atoms in total. The fraction of sp³-hybridized carbons (Fsp3) is 0.833. The van der Waals surface area contributed by atoms with Crippen molar-refractivity contribution < 1.29 is 4.79 Å². The molecule has 0 aliphatic heterocycles. The second kappa shape index (κ2) is 8.50. The van der Waals surface area contributed by atoms with Crippen molar-refractivity contribution in [2.24, 2.45) is 5.73 Å². The molecule has 0 bridgehead atoms. The Morgan fingerprint density at radius 1 is 1.38 bits per heavy atom. The highest BCUT2D eigenvalue weighted by atomic mass is 32.1. The summed E-state index contributed by atoms with van der Waals surface area (Å²) in [6.07, 6.45) is 5.77. The lowest BCUT2D eigenvalue weighted by Crippen LogP contribution is -2.37. The molecular weight excluding hydrogens is 220 g/mol. The normalized spacial score (nSPS) is 12.2. The van der Waals surface area contributed by atoms with Crippen LogP contribution < -0.4 is 5.73 Å². The summed E-state index contributed by atoms with van der Waals surface area (Å²) < 4.78 is 0. The number of nitrogens with zero attached hydrogens (tertiary/aromatic N) is 1. The van der Waals surface area contributed by atoms with Gasteiger partial charge in [0.15, 0.2) is 0 Å². The van der Waals surface area contributed by atoms with E-state index in [1.54, 1.807) is 4.90 Å². The van der Waals surface area contributed by atoms with Gasteiger partial charge in [-0.3, -0.25) is 4.79 Å². The minimum absolute atomic E-state index is 0.108. The van der Waals surface area contributed by atoms with E-state index in [0.717, 1.165) is 12.8 Å². The van der Waals surface area contributed by atoms with Crippen molar-refractivity contribution in [2.75, 3.05) is 7.05 Å². The number of amides is 1. The standard InChI is InChI=1S/C12H24N2OS/c1-4-5-6-7-8-12(15)14(3)10(2)9-11(13)16/h10H,4-9H2,1-3H3,(H2,13,16). The van der Waals surface area contributed by atoms with Crippen LogP contribution >= 0.6 is 12.2 Å². The summed E-state index contributed by atoms with van der Waals surface area (Å²) in [6.45, 7) is 4.14. The highest BCUT2D eigenvalue weighted by molar-refractivity contribution is 7.80. The van der Waals surface area contributed by atoms with Gasteiger partial charge in [-0.05, 0) is 13.3 Å². The summed E-state index contributed by atoms with van der Waals surface area (Å²) in [4.78, 5) is 14.0. The number of rotatable bonds is 8. The Morgan fingerprint density at radius 2 is 2.00 bits per heavy atom. The quantitative estimate of drug-likeness (QED) is 0.527. The molecule has 1 atom stereocenters. The third kappa shape index (κ3) is 6.77. The molecule has 0 aliphatic rings. The van der Waals surface area contributed by atoms with Crippen molar-refractivity contribution in [3.8, 4) is 0 Å². The van der Waals surface area contributed by atoms with Crippen LogP contribution in [0.1, 0.15) is 52.4 Å². The van der Waals surface area contributed by atoms with Crippen LogP contribution in [0, 0.1) is 0 Å². The summed E-state index contributed by atoms with van der Waals surface area (Å²) in [5.74, 6) is 0.194. The Morgan fingerprint density at radius 3 is 2.50 bits per heavy atom. The monoisotopic (exact) mass is 244 g/mol. The van der Waals surface area contributed by atoms with Crippen molar-refractivity contribution >= 4 is 23.1 Å². The van der Waals surface area contributed by atoms with E-state index in [4.69, 9.17) is 18.0 Å². The van der Waals surface area contributed by atoms with Crippen LogP contribution in [-0.4, -0.2) is 28.9 Å². The van der Waals surface area contributed by atoms with E-state index in [0.29, 0.717) is 17.8 Å².